The number of nitrogens with one attached hydrogen (secondary N) is 2. The van der Waals surface area contributed by atoms with Crippen LogP contribution in [0.1, 0.15) is 10.5 Å². The second-order valence-corrected chi connectivity index (χ2v) is 6.75. The first-order valence-electron chi connectivity index (χ1n) is 8.41. The molecule has 7 nitrogen and oxygen atoms in total. The highest BCUT2D eigenvalue weighted by Gasteiger charge is 2.23. The third-order valence-electron chi connectivity index (χ3n) is 3.99. The van der Waals surface area contributed by atoms with Gasteiger partial charge in [-0.05, 0) is 18.2 Å². The number of amides is 1. The van der Waals surface area contributed by atoms with Gasteiger partial charge in [0.15, 0.2) is 11.5 Å². The summed E-state index contributed by atoms with van der Waals surface area (Å²) in [5.41, 5.74) is 3.86. The Morgan fingerprint density at radius 2 is 1.93 bits per heavy atom. The fourth-order valence-corrected chi connectivity index (χ4v) is 3.22. The average Bonchev–Trinajstić information content (AvgIpc) is 3.36. The molecule has 1 amide bonds. The zero-order chi connectivity index (χ0) is 21.3. The highest BCUT2D eigenvalue weighted by atomic mass is 32.1. The number of ether oxygens (including phenoxy) is 1. The monoisotopic (exact) mass is 431 g/mol. The van der Waals surface area contributed by atoms with E-state index in [4.69, 9.17) is 10.5 Å². The fraction of sp³-hybridized carbons (Fsp3) is 0. The number of pyridine rings is 1. The molecule has 4 aromatic rings. The van der Waals surface area contributed by atoms with Crippen LogP contribution in [0.15, 0.2) is 48.9 Å². The Bertz CT molecular complexity index is 1210. The first kappa shape index (κ1) is 19.5. The van der Waals surface area contributed by atoms with Gasteiger partial charge in [-0.2, -0.15) is 4.37 Å². The minimum absolute atomic E-state index is 0.218. The summed E-state index contributed by atoms with van der Waals surface area (Å²) < 4.78 is 52.1. The number of carbonyl (C=O) groups excluding carboxylic acids is 1. The second kappa shape index (κ2) is 7.87. The van der Waals surface area contributed by atoms with Gasteiger partial charge in [0.25, 0.3) is 5.91 Å². The lowest BCUT2D eigenvalue weighted by Gasteiger charge is -2.11. The molecule has 3 aromatic heterocycles. The molecule has 0 aliphatic rings. The largest absolute Gasteiger partial charge is 0.441 e. The van der Waals surface area contributed by atoms with Crippen molar-refractivity contribution in [3.05, 3.63) is 72.1 Å². The highest BCUT2D eigenvalue weighted by molar-refractivity contribution is 7.08. The summed E-state index contributed by atoms with van der Waals surface area (Å²) in [7, 11) is 0. The number of hydrogen-bond acceptors (Lipinski definition) is 6. The molecule has 3 heterocycles. The predicted octanol–water partition coefficient (Wildman–Crippen LogP) is 4.58. The first-order valence-corrected chi connectivity index (χ1v) is 9.18. The number of rotatable bonds is 5. The normalized spacial score (nSPS) is 10.8. The summed E-state index contributed by atoms with van der Waals surface area (Å²) in [5.74, 6) is -3.46. The van der Waals surface area contributed by atoms with Gasteiger partial charge in [-0.3, -0.25) is 4.79 Å². The number of carbonyl (C=O) groups is 1. The molecular weight excluding hydrogens is 419 g/mol. The van der Waals surface area contributed by atoms with Gasteiger partial charge in [-0.25, -0.2) is 18.2 Å². The van der Waals surface area contributed by atoms with Crippen molar-refractivity contribution in [2.75, 3.05) is 11.1 Å². The third-order valence-corrected chi connectivity index (χ3v) is 4.67. The van der Waals surface area contributed by atoms with Crippen LogP contribution in [0.3, 0.4) is 0 Å². The standard InChI is InChI=1S/C19H12F3N5O2S/c20-10-2-1-3-11(21)15(10)16-12(22)6-13(23)17(27-16)18(28)26-14-8-25-30-19(14)29-9-4-5-24-7-9/h1-8,24H,23H2,(H,26,28). The van der Waals surface area contributed by atoms with Gasteiger partial charge < -0.3 is 20.8 Å². The van der Waals surface area contributed by atoms with Crippen LogP contribution in [0.4, 0.5) is 24.5 Å². The molecule has 4 N–H and O–H groups in total. The van der Waals surface area contributed by atoms with Crippen molar-refractivity contribution in [1.29, 1.82) is 0 Å². The molecule has 30 heavy (non-hydrogen) atoms. The quantitative estimate of drug-likeness (QED) is 0.429. The lowest BCUT2D eigenvalue weighted by atomic mass is 10.1. The maximum absolute atomic E-state index is 14.4. The van der Waals surface area contributed by atoms with E-state index in [0.29, 0.717) is 5.75 Å². The van der Waals surface area contributed by atoms with Crippen LogP contribution in [0.5, 0.6) is 10.8 Å². The van der Waals surface area contributed by atoms with Crippen molar-refractivity contribution in [2.45, 2.75) is 0 Å². The number of aromatic nitrogens is 3. The Kier molecular flexibility index (Phi) is 5.11. The average molecular weight is 431 g/mol. The summed E-state index contributed by atoms with van der Waals surface area (Å²) in [5, 5.41) is 2.79. The maximum atomic E-state index is 14.4. The number of H-pyrrole nitrogens is 1. The summed E-state index contributed by atoms with van der Waals surface area (Å²) in [4.78, 5) is 19.3. The van der Waals surface area contributed by atoms with Crippen molar-refractivity contribution >= 4 is 28.8 Å². The van der Waals surface area contributed by atoms with Crippen LogP contribution in [0, 0.1) is 17.5 Å². The number of nitrogens with two attached hydrogens (primary N) is 1. The molecule has 4 rings (SSSR count). The molecule has 11 heteroatoms. The van der Waals surface area contributed by atoms with Gasteiger partial charge in [0.2, 0.25) is 5.06 Å². The Morgan fingerprint density at radius 1 is 1.17 bits per heavy atom. The SMILES string of the molecule is Nc1cc(F)c(-c2c(F)cccc2F)nc1C(=O)Nc1cnsc1Oc1cc[nH]c1. The van der Waals surface area contributed by atoms with Crippen LogP contribution >= 0.6 is 11.5 Å². The van der Waals surface area contributed by atoms with E-state index in [9.17, 15) is 18.0 Å². The van der Waals surface area contributed by atoms with Gasteiger partial charge in [-0.1, -0.05) is 6.07 Å². The van der Waals surface area contributed by atoms with Crippen LogP contribution in [-0.4, -0.2) is 20.2 Å². The molecule has 0 unspecified atom stereocenters. The Morgan fingerprint density at radius 3 is 2.63 bits per heavy atom. The van der Waals surface area contributed by atoms with E-state index in [1.54, 1.807) is 18.5 Å². The van der Waals surface area contributed by atoms with Crippen molar-refractivity contribution in [3.63, 3.8) is 0 Å². The van der Waals surface area contributed by atoms with Gasteiger partial charge in [0.1, 0.15) is 28.8 Å². The van der Waals surface area contributed by atoms with E-state index in [-0.39, 0.29) is 16.4 Å². The minimum atomic E-state index is -1.07. The molecule has 0 radical (unpaired) electrons. The molecule has 0 aliphatic carbocycles. The van der Waals surface area contributed by atoms with Gasteiger partial charge in [0, 0.05) is 30.0 Å². The smallest absolute Gasteiger partial charge is 0.276 e. The van der Waals surface area contributed by atoms with E-state index in [1.165, 1.54) is 6.20 Å². The van der Waals surface area contributed by atoms with E-state index in [1.807, 2.05) is 0 Å². The topological polar surface area (TPSA) is 106 Å². The number of benzene rings is 1. The van der Waals surface area contributed by atoms with E-state index < -0.39 is 40.3 Å². The summed E-state index contributed by atoms with van der Waals surface area (Å²) in [6.45, 7) is 0. The Balaban J connectivity index is 1.67. The summed E-state index contributed by atoms with van der Waals surface area (Å²) in [6, 6.07) is 5.49. The fourth-order valence-electron chi connectivity index (χ4n) is 2.63. The number of hydrogen-bond donors (Lipinski definition) is 3. The molecule has 0 fully saturated rings. The molecule has 0 spiro atoms. The lowest BCUT2D eigenvalue weighted by Crippen LogP contribution is -2.17. The Labute approximate surface area is 171 Å². The van der Waals surface area contributed by atoms with Crippen LogP contribution in [-0.2, 0) is 0 Å². The first-order chi connectivity index (χ1) is 14.4. The number of aromatic amines is 1. The molecule has 0 bridgehead atoms. The van der Waals surface area contributed by atoms with E-state index >= 15 is 0 Å². The molecule has 0 atom stereocenters. The number of halogens is 3. The number of nitrogens with zero attached hydrogens (tertiary/aromatic N) is 2. The van der Waals surface area contributed by atoms with Gasteiger partial charge >= 0.3 is 0 Å². The maximum Gasteiger partial charge on any atom is 0.276 e. The molecular formula is C19H12F3N5O2S. The van der Waals surface area contributed by atoms with Crippen LogP contribution in [0.25, 0.3) is 11.3 Å². The molecule has 152 valence electrons. The predicted molar refractivity (Wildman–Crippen MR) is 105 cm³/mol. The molecule has 0 aliphatic heterocycles. The molecule has 1 aromatic carbocycles. The highest BCUT2D eigenvalue weighted by Crippen LogP contribution is 2.34. The van der Waals surface area contributed by atoms with E-state index in [2.05, 4.69) is 19.7 Å². The number of nitrogen functional groups attached to an aromatic ring is 1. The number of anilines is 2. The summed E-state index contributed by atoms with van der Waals surface area (Å²) in [6.07, 6.45) is 4.60. The summed E-state index contributed by atoms with van der Waals surface area (Å²) >= 11 is 0.984. The van der Waals surface area contributed by atoms with Crippen molar-refractivity contribution in [3.8, 4) is 22.1 Å². The zero-order valence-corrected chi connectivity index (χ0v) is 15.8. The minimum Gasteiger partial charge on any atom is -0.441 e. The van der Waals surface area contributed by atoms with Crippen LogP contribution in [0.2, 0.25) is 0 Å². The second-order valence-electron chi connectivity index (χ2n) is 5.98. The third kappa shape index (κ3) is 3.70. The van der Waals surface area contributed by atoms with Crippen LogP contribution < -0.4 is 15.8 Å². The van der Waals surface area contributed by atoms with Gasteiger partial charge in [-0.15, -0.1) is 0 Å². The molecule has 0 saturated carbocycles. The van der Waals surface area contributed by atoms with Crippen molar-refractivity contribution < 1.29 is 22.7 Å². The van der Waals surface area contributed by atoms with Crippen molar-refractivity contribution in [1.82, 2.24) is 14.3 Å². The molecule has 0 saturated heterocycles. The van der Waals surface area contributed by atoms with Crippen molar-refractivity contribution in [2.24, 2.45) is 0 Å². The zero-order valence-electron chi connectivity index (χ0n) is 14.9. The lowest BCUT2D eigenvalue weighted by molar-refractivity contribution is 0.102. The Hall–Kier alpha value is -3.86. The van der Waals surface area contributed by atoms with E-state index in [0.717, 1.165) is 35.8 Å². The van der Waals surface area contributed by atoms with Gasteiger partial charge in [0.05, 0.1) is 17.4 Å².